The molecule has 0 bridgehead atoms. The fraction of sp³-hybridized carbons (Fsp3) is 0.500. The maximum Gasteiger partial charge on any atom is 0.271 e. The van der Waals surface area contributed by atoms with Gasteiger partial charge in [0.25, 0.3) is 5.69 Å². The number of anilines is 1. The average Bonchev–Trinajstić information content (AvgIpc) is 2.91. The van der Waals surface area contributed by atoms with Gasteiger partial charge in [-0.2, -0.15) is 5.10 Å². The number of non-ortho nitro benzene ring substituents is 1. The summed E-state index contributed by atoms with van der Waals surface area (Å²) in [6.45, 7) is 4.18. The van der Waals surface area contributed by atoms with Gasteiger partial charge in [-0.3, -0.25) is 15.2 Å². The van der Waals surface area contributed by atoms with Crippen LogP contribution in [0.25, 0.3) is 10.9 Å². The number of benzene rings is 1. The quantitative estimate of drug-likeness (QED) is 0.652. The highest BCUT2D eigenvalue weighted by atomic mass is 16.6. The van der Waals surface area contributed by atoms with Gasteiger partial charge in [0.1, 0.15) is 0 Å². The predicted molar refractivity (Wildman–Crippen MR) is 81.5 cm³/mol. The van der Waals surface area contributed by atoms with Gasteiger partial charge >= 0.3 is 0 Å². The van der Waals surface area contributed by atoms with E-state index in [2.05, 4.69) is 20.4 Å². The molecule has 0 aliphatic carbocycles. The third kappa shape index (κ3) is 3.13. The summed E-state index contributed by atoms with van der Waals surface area (Å²) >= 11 is 0. The van der Waals surface area contributed by atoms with Crippen molar-refractivity contribution >= 4 is 22.4 Å². The number of nitrogens with zero attached hydrogens (tertiary/aromatic N) is 3. The number of nitro groups is 1. The smallest absolute Gasteiger partial charge is 0.271 e. The van der Waals surface area contributed by atoms with Crippen LogP contribution in [-0.2, 0) is 0 Å². The highest BCUT2D eigenvalue weighted by Crippen LogP contribution is 2.24. The Morgan fingerprint density at radius 3 is 2.90 bits per heavy atom. The number of H-pyrrole nitrogens is 1. The number of nitrogens with one attached hydrogen (secondary N) is 2. The number of aromatic nitrogens is 2. The Morgan fingerprint density at radius 2 is 2.14 bits per heavy atom. The largest absolute Gasteiger partial charge is 0.367 e. The fourth-order valence-corrected chi connectivity index (χ4v) is 2.77. The molecule has 0 radical (unpaired) electrons. The summed E-state index contributed by atoms with van der Waals surface area (Å²) in [5.74, 6) is 0.761. The zero-order chi connectivity index (χ0) is 14.7. The first-order valence-corrected chi connectivity index (χ1v) is 7.33. The van der Waals surface area contributed by atoms with Crippen LogP contribution in [0.5, 0.6) is 0 Å². The molecule has 0 spiro atoms. The SMILES string of the molecule is O=[N+]([O-])c1ccc2c(NCCN3CCCCC3)n[nH]c2c1. The summed E-state index contributed by atoms with van der Waals surface area (Å²) in [6.07, 6.45) is 3.91. The molecule has 0 amide bonds. The van der Waals surface area contributed by atoms with E-state index in [1.807, 2.05) is 0 Å². The fourth-order valence-electron chi connectivity index (χ4n) is 2.77. The molecule has 1 aliphatic heterocycles. The lowest BCUT2D eigenvalue weighted by molar-refractivity contribution is -0.384. The van der Waals surface area contributed by atoms with Gasteiger partial charge in [-0.15, -0.1) is 0 Å². The Balaban J connectivity index is 1.63. The molecule has 2 heterocycles. The Kier molecular flexibility index (Phi) is 4.01. The van der Waals surface area contributed by atoms with Crippen molar-refractivity contribution in [1.29, 1.82) is 0 Å². The lowest BCUT2D eigenvalue weighted by Gasteiger charge is -2.26. The van der Waals surface area contributed by atoms with Crippen molar-refractivity contribution in [3.05, 3.63) is 28.3 Å². The molecule has 1 aliphatic rings. The van der Waals surface area contributed by atoms with Crippen LogP contribution in [0.15, 0.2) is 18.2 Å². The van der Waals surface area contributed by atoms with E-state index in [-0.39, 0.29) is 5.69 Å². The summed E-state index contributed by atoms with van der Waals surface area (Å²) in [6, 6.07) is 4.76. The van der Waals surface area contributed by atoms with Crippen molar-refractivity contribution in [2.24, 2.45) is 0 Å². The van der Waals surface area contributed by atoms with Crippen LogP contribution >= 0.6 is 0 Å². The normalized spacial score (nSPS) is 16.2. The van der Waals surface area contributed by atoms with Gasteiger partial charge in [0.05, 0.1) is 10.4 Å². The lowest BCUT2D eigenvalue weighted by atomic mass is 10.1. The number of fused-ring (bicyclic) bond motifs is 1. The van der Waals surface area contributed by atoms with Gasteiger partial charge in [-0.1, -0.05) is 6.42 Å². The first kappa shape index (κ1) is 13.8. The molecule has 21 heavy (non-hydrogen) atoms. The Morgan fingerprint density at radius 1 is 1.33 bits per heavy atom. The molecule has 1 aromatic carbocycles. The molecular formula is C14H19N5O2. The molecule has 112 valence electrons. The van der Waals surface area contributed by atoms with Crippen LogP contribution in [0.3, 0.4) is 0 Å². The van der Waals surface area contributed by atoms with Crippen LogP contribution in [0.2, 0.25) is 0 Å². The second kappa shape index (κ2) is 6.09. The van der Waals surface area contributed by atoms with E-state index >= 15 is 0 Å². The van der Waals surface area contributed by atoms with E-state index in [0.29, 0.717) is 5.52 Å². The Hall–Kier alpha value is -2.15. The third-order valence-electron chi connectivity index (χ3n) is 3.93. The number of nitro benzene ring substituents is 1. The molecule has 0 unspecified atom stereocenters. The van der Waals surface area contributed by atoms with E-state index in [0.717, 1.165) is 24.3 Å². The van der Waals surface area contributed by atoms with Crippen LogP contribution in [-0.4, -0.2) is 46.2 Å². The first-order chi connectivity index (χ1) is 10.2. The number of aromatic amines is 1. The molecule has 0 atom stereocenters. The van der Waals surface area contributed by atoms with Crippen LogP contribution in [0, 0.1) is 10.1 Å². The molecule has 1 fully saturated rings. The van der Waals surface area contributed by atoms with Crippen molar-refractivity contribution < 1.29 is 4.92 Å². The van der Waals surface area contributed by atoms with Crippen molar-refractivity contribution in [3.8, 4) is 0 Å². The molecule has 2 N–H and O–H groups in total. The van der Waals surface area contributed by atoms with Crippen molar-refractivity contribution in [3.63, 3.8) is 0 Å². The van der Waals surface area contributed by atoms with E-state index < -0.39 is 4.92 Å². The van der Waals surface area contributed by atoms with E-state index in [1.54, 1.807) is 6.07 Å². The van der Waals surface area contributed by atoms with Gasteiger partial charge in [-0.25, -0.2) is 0 Å². The maximum absolute atomic E-state index is 10.7. The summed E-state index contributed by atoms with van der Waals surface area (Å²) in [4.78, 5) is 12.8. The van der Waals surface area contributed by atoms with Gasteiger partial charge < -0.3 is 10.2 Å². The summed E-state index contributed by atoms with van der Waals surface area (Å²) in [5.41, 5.74) is 0.760. The standard InChI is InChI=1S/C14H19N5O2/c20-19(21)11-4-5-12-13(10-11)16-17-14(12)15-6-9-18-7-2-1-3-8-18/h4-5,10H,1-3,6-9H2,(H2,15,16,17). The number of hydrogen-bond donors (Lipinski definition) is 2. The van der Waals surface area contributed by atoms with E-state index in [4.69, 9.17) is 0 Å². The minimum atomic E-state index is -0.399. The predicted octanol–water partition coefficient (Wildman–Crippen LogP) is 2.37. The molecule has 2 aromatic rings. The number of hydrogen-bond acceptors (Lipinski definition) is 5. The van der Waals surface area contributed by atoms with Gasteiger partial charge in [0, 0.05) is 30.6 Å². The topological polar surface area (TPSA) is 87.1 Å². The molecular weight excluding hydrogens is 270 g/mol. The van der Waals surface area contributed by atoms with Gasteiger partial charge in [0.2, 0.25) is 0 Å². The van der Waals surface area contributed by atoms with Gasteiger partial charge in [0.15, 0.2) is 5.82 Å². The number of likely N-dealkylation sites (tertiary alicyclic amines) is 1. The van der Waals surface area contributed by atoms with Crippen molar-refractivity contribution in [2.45, 2.75) is 19.3 Å². The molecule has 1 saturated heterocycles. The summed E-state index contributed by atoms with van der Waals surface area (Å²) < 4.78 is 0. The second-order valence-electron chi connectivity index (χ2n) is 5.39. The minimum absolute atomic E-state index is 0.0750. The van der Waals surface area contributed by atoms with Crippen molar-refractivity contribution in [2.75, 3.05) is 31.5 Å². The minimum Gasteiger partial charge on any atom is -0.367 e. The highest BCUT2D eigenvalue weighted by molar-refractivity contribution is 5.91. The number of rotatable bonds is 5. The van der Waals surface area contributed by atoms with E-state index in [1.165, 1.54) is 44.5 Å². The average molecular weight is 289 g/mol. The Labute approximate surface area is 122 Å². The molecule has 3 rings (SSSR count). The number of piperidine rings is 1. The first-order valence-electron chi connectivity index (χ1n) is 7.33. The van der Waals surface area contributed by atoms with Gasteiger partial charge in [-0.05, 0) is 32.0 Å². The zero-order valence-electron chi connectivity index (χ0n) is 11.8. The van der Waals surface area contributed by atoms with Crippen LogP contribution in [0.1, 0.15) is 19.3 Å². The lowest BCUT2D eigenvalue weighted by Crippen LogP contribution is -2.33. The Bertz CT molecular complexity index is 633. The van der Waals surface area contributed by atoms with Crippen molar-refractivity contribution in [1.82, 2.24) is 15.1 Å². The third-order valence-corrected chi connectivity index (χ3v) is 3.93. The van der Waals surface area contributed by atoms with Crippen LogP contribution in [0.4, 0.5) is 11.5 Å². The monoisotopic (exact) mass is 289 g/mol. The van der Waals surface area contributed by atoms with Crippen LogP contribution < -0.4 is 5.32 Å². The molecule has 0 saturated carbocycles. The van der Waals surface area contributed by atoms with E-state index in [9.17, 15) is 10.1 Å². The summed E-state index contributed by atoms with van der Waals surface area (Å²) in [5, 5.41) is 22.0. The molecule has 7 nitrogen and oxygen atoms in total. The molecule has 7 heteroatoms. The maximum atomic E-state index is 10.7. The zero-order valence-corrected chi connectivity index (χ0v) is 11.8. The molecule has 1 aromatic heterocycles. The second-order valence-corrected chi connectivity index (χ2v) is 5.39. The summed E-state index contributed by atoms with van der Waals surface area (Å²) in [7, 11) is 0. The highest BCUT2D eigenvalue weighted by Gasteiger charge is 2.12.